The number of phenols is 1. The summed E-state index contributed by atoms with van der Waals surface area (Å²) in [6.45, 7) is 9.96. The van der Waals surface area contributed by atoms with Crippen molar-refractivity contribution in [3.63, 3.8) is 0 Å². The molecule has 120 valence electrons. The van der Waals surface area contributed by atoms with Crippen LogP contribution in [0.2, 0.25) is 0 Å². The van der Waals surface area contributed by atoms with Crippen LogP contribution in [0.5, 0.6) is 5.75 Å². The standard InChI is InChI=1S/C21H25NO/c1-4-10-22-11-9-18-12-15(2)5-8-19(18)20(22)13-17-7-6-16(3)21(23)14-17/h4-8,12,14,20,23H,1,9-11,13H2,2-3H3/t20-/m0/s1. The van der Waals surface area contributed by atoms with Crippen molar-refractivity contribution in [2.24, 2.45) is 0 Å². The molecule has 1 aliphatic rings. The average Bonchev–Trinajstić information content (AvgIpc) is 2.53. The van der Waals surface area contributed by atoms with E-state index in [1.54, 1.807) is 0 Å². The number of nitrogens with zero attached hydrogens (tertiary/aromatic N) is 1. The fourth-order valence-electron chi connectivity index (χ4n) is 3.52. The summed E-state index contributed by atoms with van der Waals surface area (Å²) in [5.41, 5.74) is 6.32. The summed E-state index contributed by atoms with van der Waals surface area (Å²) >= 11 is 0. The number of fused-ring (bicyclic) bond motifs is 1. The van der Waals surface area contributed by atoms with Gasteiger partial charge in [0.2, 0.25) is 0 Å². The van der Waals surface area contributed by atoms with Crippen molar-refractivity contribution in [2.75, 3.05) is 13.1 Å². The fraction of sp³-hybridized carbons (Fsp3) is 0.333. The van der Waals surface area contributed by atoms with Gasteiger partial charge in [0.1, 0.15) is 5.75 Å². The van der Waals surface area contributed by atoms with E-state index in [-0.39, 0.29) is 0 Å². The van der Waals surface area contributed by atoms with E-state index in [2.05, 4.69) is 42.7 Å². The van der Waals surface area contributed by atoms with Gasteiger partial charge in [-0.2, -0.15) is 0 Å². The molecule has 0 aliphatic carbocycles. The number of aromatic hydroxyl groups is 1. The lowest BCUT2D eigenvalue weighted by molar-refractivity contribution is 0.204. The first-order valence-corrected chi connectivity index (χ1v) is 8.31. The predicted octanol–water partition coefficient (Wildman–Crippen LogP) is 4.34. The summed E-state index contributed by atoms with van der Waals surface area (Å²) in [5, 5.41) is 10.0. The van der Waals surface area contributed by atoms with E-state index >= 15 is 0 Å². The van der Waals surface area contributed by atoms with Gasteiger partial charge in [-0.1, -0.05) is 42.0 Å². The summed E-state index contributed by atoms with van der Waals surface area (Å²) in [6, 6.07) is 13.2. The van der Waals surface area contributed by atoms with Gasteiger partial charge in [0.15, 0.2) is 0 Å². The molecular formula is C21H25NO. The van der Waals surface area contributed by atoms with Gasteiger partial charge in [-0.3, -0.25) is 4.90 Å². The Bertz CT molecular complexity index is 720. The molecule has 1 aliphatic heterocycles. The summed E-state index contributed by atoms with van der Waals surface area (Å²) in [7, 11) is 0. The number of phenolic OH excluding ortho intramolecular Hbond substituents is 1. The zero-order valence-corrected chi connectivity index (χ0v) is 14.0. The molecule has 0 unspecified atom stereocenters. The molecule has 0 bridgehead atoms. The number of hydrogen-bond donors (Lipinski definition) is 1. The largest absolute Gasteiger partial charge is 0.508 e. The van der Waals surface area contributed by atoms with Gasteiger partial charge in [0.25, 0.3) is 0 Å². The third kappa shape index (κ3) is 3.32. The van der Waals surface area contributed by atoms with Crippen molar-refractivity contribution >= 4 is 0 Å². The van der Waals surface area contributed by atoms with Crippen molar-refractivity contribution < 1.29 is 5.11 Å². The minimum atomic E-state index is 0.347. The SMILES string of the molecule is C=CCN1CCc2cc(C)ccc2[C@@H]1Cc1ccc(C)c(O)c1. The van der Waals surface area contributed by atoms with Crippen molar-refractivity contribution in [1.29, 1.82) is 0 Å². The highest BCUT2D eigenvalue weighted by molar-refractivity contribution is 5.39. The highest BCUT2D eigenvalue weighted by Gasteiger charge is 2.26. The Kier molecular flexibility index (Phi) is 4.53. The van der Waals surface area contributed by atoms with Crippen LogP contribution < -0.4 is 0 Å². The van der Waals surface area contributed by atoms with Crippen LogP contribution in [0.3, 0.4) is 0 Å². The Labute approximate surface area is 139 Å². The number of hydrogen-bond acceptors (Lipinski definition) is 2. The van der Waals surface area contributed by atoms with E-state index in [0.29, 0.717) is 11.8 Å². The second-order valence-corrected chi connectivity index (χ2v) is 6.58. The van der Waals surface area contributed by atoms with E-state index in [0.717, 1.165) is 31.5 Å². The van der Waals surface area contributed by atoms with Crippen LogP contribution in [0.25, 0.3) is 0 Å². The zero-order chi connectivity index (χ0) is 16.4. The molecule has 1 N–H and O–H groups in total. The predicted molar refractivity (Wildman–Crippen MR) is 95.9 cm³/mol. The molecule has 2 heteroatoms. The summed E-state index contributed by atoms with van der Waals surface area (Å²) in [5.74, 6) is 0.387. The Balaban J connectivity index is 1.95. The number of aryl methyl sites for hydroxylation is 2. The lowest BCUT2D eigenvalue weighted by Gasteiger charge is -2.37. The molecule has 3 rings (SSSR count). The second-order valence-electron chi connectivity index (χ2n) is 6.58. The van der Waals surface area contributed by atoms with Gasteiger partial charge < -0.3 is 5.11 Å². The smallest absolute Gasteiger partial charge is 0.118 e. The fourth-order valence-corrected chi connectivity index (χ4v) is 3.52. The van der Waals surface area contributed by atoms with Crippen molar-refractivity contribution in [3.8, 4) is 5.75 Å². The molecule has 1 atom stereocenters. The van der Waals surface area contributed by atoms with Crippen LogP contribution in [0, 0.1) is 13.8 Å². The first-order valence-electron chi connectivity index (χ1n) is 8.31. The maximum atomic E-state index is 10.0. The minimum absolute atomic E-state index is 0.347. The number of rotatable bonds is 4. The van der Waals surface area contributed by atoms with Gasteiger partial charge >= 0.3 is 0 Å². The lowest BCUT2D eigenvalue weighted by Crippen LogP contribution is -2.36. The number of benzene rings is 2. The van der Waals surface area contributed by atoms with Crippen molar-refractivity contribution in [2.45, 2.75) is 32.7 Å². The summed E-state index contributed by atoms with van der Waals surface area (Å²) < 4.78 is 0. The van der Waals surface area contributed by atoms with Gasteiger partial charge in [-0.05, 0) is 55.0 Å². The van der Waals surface area contributed by atoms with Crippen LogP contribution in [0.4, 0.5) is 0 Å². The Hall–Kier alpha value is -2.06. The van der Waals surface area contributed by atoms with E-state index in [1.807, 2.05) is 25.1 Å². The lowest BCUT2D eigenvalue weighted by atomic mass is 9.87. The van der Waals surface area contributed by atoms with E-state index < -0.39 is 0 Å². The Morgan fingerprint density at radius 1 is 1.22 bits per heavy atom. The molecule has 0 radical (unpaired) electrons. The van der Waals surface area contributed by atoms with Gasteiger partial charge in [0, 0.05) is 19.1 Å². The third-order valence-corrected chi connectivity index (χ3v) is 4.83. The zero-order valence-electron chi connectivity index (χ0n) is 14.0. The molecule has 2 aromatic rings. The van der Waals surface area contributed by atoms with E-state index in [4.69, 9.17) is 0 Å². The maximum absolute atomic E-state index is 10.0. The minimum Gasteiger partial charge on any atom is -0.508 e. The normalized spacial score (nSPS) is 17.7. The van der Waals surface area contributed by atoms with E-state index in [1.165, 1.54) is 22.3 Å². The summed E-state index contributed by atoms with van der Waals surface area (Å²) in [4.78, 5) is 2.49. The molecule has 0 aromatic heterocycles. The van der Waals surface area contributed by atoms with Gasteiger partial charge in [-0.15, -0.1) is 6.58 Å². The maximum Gasteiger partial charge on any atom is 0.118 e. The molecule has 0 amide bonds. The molecule has 0 fully saturated rings. The highest BCUT2D eigenvalue weighted by atomic mass is 16.3. The molecule has 0 spiro atoms. The molecule has 0 saturated carbocycles. The highest BCUT2D eigenvalue weighted by Crippen LogP contribution is 2.33. The molecule has 2 nitrogen and oxygen atoms in total. The monoisotopic (exact) mass is 307 g/mol. The van der Waals surface area contributed by atoms with E-state index in [9.17, 15) is 5.11 Å². The Morgan fingerprint density at radius 2 is 2.04 bits per heavy atom. The van der Waals surface area contributed by atoms with Crippen molar-refractivity contribution in [3.05, 3.63) is 76.9 Å². The van der Waals surface area contributed by atoms with Crippen LogP contribution in [-0.4, -0.2) is 23.1 Å². The Morgan fingerprint density at radius 3 is 2.78 bits per heavy atom. The van der Waals surface area contributed by atoms with Gasteiger partial charge in [0.05, 0.1) is 0 Å². The molecule has 2 aromatic carbocycles. The molecule has 23 heavy (non-hydrogen) atoms. The van der Waals surface area contributed by atoms with Crippen molar-refractivity contribution in [1.82, 2.24) is 4.90 Å². The first-order chi connectivity index (χ1) is 11.1. The van der Waals surface area contributed by atoms with Crippen LogP contribution >= 0.6 is 0 Å². The second kappa shape index (κ2) is 6.59. The first kappa shape index (κ1) is 15.8. The van der Waals surface area contributed by atoms with Crippen LogP contribution in [-0.2, 0) is 12.8 Å². The van der Waals surface area contributed by atoms with Crippen LogP contribution in [0.1, 0.15) is 33.9 Å². The third-order valence-electron chi connectivity index (χ3n) is 4.83. The molecular weight excluding hydrogens is 282 g/mol. The van der Waals surface area contributed by atoms with Crippen LogP contribution in [0.15, 0.2) is 49.1 Å². The van der Waals surface area contributed by atoms with Gasteiger partial charge in [-0.25, -0.2) is 0 Å². The molecule has 1 heterocycles. The summed E-state index contributed by atoms with van der Waals surface area (Å²) in [6.07, 6.45) is 4.00. The topological polar surface area (TPSA) is 23.5 Å². The quantitative estimate of drug-likeness (QED) is 0.850. The molecule has 0 saturated heterocycles. The average molecular weight is 307 g/mol.